The molecule has 0 spiro atoms. The van der Waals surface area contributed by atoms with E-state index in [-0.39, 0.29) is 17.9 Å². The zero-order valence-corrected chi connectivity index (χ0v) is 10.5. The van der Waals surface area contributed by atoms with E-state index in [1.54, 1.807) is 13.8 Å². The summed E-state index contributed by atoms with van der Waals surface area (Å²) < 4.78 is 5.42. The standard InChI is InChI=1S/C12H20N2O3/c1-12(2)11(16)14(6-5-10(15)13-12)9-4-3-7-17-8-9/h9H,3-8H2,1-2H3,(H,13,15). The van der Waals surface area contributed by atoms with Crippen molar-refractivity contribution in [2.45, 2.75) is 44.7 Å². The minimum absolute atomic E-state index is 0.00106. The van der Waals surface area contributed by atoms with E-state index >= 15 is 0 Å². The fourth-order valence-corrected chi connectivity index (χ4v) is 2.47. The number of amides is 2. The molecule has 0 aromatic rings. The Balaban J connectivity index is 2.14. The number of hydrogen-bond acceptors (Lipinski definition) is 3. The third kappa shape index (κ3) is 2.60. The molecule has 2 aliphatic rings. The quantitative estimate of drug-likeness (QED) is 0.717. The van der Waals surface area contributed by atoms with Crippen LogP contribution < -0.4 is 5.32 Å². The topological polar surface area (TPSA) is 58.6 Å². The minimum Gasteiger partial charge on any atom is -0.379 e. The van der Waals surface area contributed by atoms with Crippen LogP contribution in [-0.4, -0.2) is 48.1 Å². The van der Waals surface area contributed by atoms with E-state index in [9.17, 15) is 9.59 Å². The van der Waals surface area contributed by atoms with Gasteiger partial charge in [-0.25, -0.2) is 0 Å². The van der Waals surface area contributed by atoms with Crippen molar-refractivity contribution >= 4 is 11.8 Å². The smallest absolute Gasteiger partial charge is 0.248 e. The van der Waals surface area contributed by atoms with E-state index in [1.807, 2.05) is 4.90 Å². The highest BCUT2D eigenvalue weighted by Gasteiger charge is 2.39. The highest BCUT2D eigenvalue weighted by molar-refractivity contribution is 5.93. The molecule has 96 valence electrons. The lowest BCUT2D eigenvalue weighted by Crippen LogP contribution is -2.56. The van der Waals surface area contributed by atoms with Crippen LogP contribution in [0.1, 0.15) is 33.1 Å². The highest BCUT2D eigenvalue weighted by atomic mass is 16.5. The molecule has 17 heavy (non-hydrogen) atoms. The lowest BCUT2D eigenvalue weighted by Gasteiger charge is -2.36. The maximum absolute atomic E-state index is 12.4. The Morgan fingerprint density at radius 2 is 2.18 bits per heavy atom. The van der Waals surface area contributed by atoms with Crippen LogP contribution in [0.4, 0.5) is 0 Å². The van der Waals surface area contributed by atoms with Gasteiger partial charge in [0.2, 0.25) is 11.8 Å². The predicted molar refractivity (Wildman–Crippen MR) is 62.4 cm³/mol. The fourth-order valence-electron chi connectivity index (χ4n) is 2.47. The lowest BCUT2D eigenvalue weighted by atomic mass is 10.0. The molecule has 0 saturated carbocycles. The second kappa shape index (κ2) is 4.64. The summed E-state index contributed by atoms with van der Waals surface area (Å²) in [5.41, 5.74) is -0.801. The Labute approximate surface area is 101 Å². The Bertz CT molecular complexity index is 322. The zero-order valence-electron chi connectivity index (χ0n) is 10.5. The second-order valence-electron chi connectivity index (χ2n) is 5.29. The molecule has 2 aliphatic heterocycles. The Kier molecular flexibility index (Phi) is 3.38. The van der Waals surface area contributed by atoms with Crippen molar-refractivity contribution in [2.24, 2.45) is 0 Å². The van der Waals surface area contributed by atoms with Gasteiger partial charge in [-0.1, -0.05) is 0 Å². The van der Waals surface area contributed by atoms with E-state index in [0.717, 1.165) is 19.4 Å². The van der Waals surface area contributed by atoms with Gasteiger partial charge in [-0.15, -0.1) is 0 Å². The van der Waals surface area contributed by atoms with Crippen molar-refractivity contribution in [3.63, 3.8) is 0 Å². The maximum Gasteiger partial charge on any atom is 0.248 e. The highest BCUT2D eigenvalue weighted by Crippen LogP contribution is 2.20. The molecule has 2 rings (SSSR count). The van der Waals surface area contributed by atoms with Crippen LogP contribution in [0, 0.1) is 0 Å². The van der Waals surface area contributed by atoms with Crippen LogP contribution in [0.5, 0.6) is 0 Å². The van der Waals surface area contributed by atoms with Crippen molar-refractivity contribution in [3.05, 3.63) is 0 Å². The predicted octanol–water partition coefficient (Wildman–Crippen LogP) is 0.292. The first-order valence-electron chi connectivity index (χ1n) is 6.20. The van der Waals surface area contributed by atoms with Gasteiger partial charge in [0, 0.05) is 19.6 Å². The first-order chi connectivity index (χ1) is 8.00. The normalized spacial score (nSPS) is 29.8. The molecule has 0 bridgehead atoms. The van der Waals surface area contributed by atoms with E-state index < -0.39 is 5.54 Å². The molecule has 0 aromatic heterocycles. The van der Waals surface area contributed by atoms with Crippen LogP contribution in [0.25, 0.3) is 0 Å². The minimum atomic E-state index is -0.801. The average Bonchev–Trinajstić information content (AvgIpc) is 2.38. The second-order valence-corrected chi connectivity index (χ2v) is 5.29. The largest absolute Gasteiger partial charge is 0.379 e. The number of hydrogen-bond donors (Lipinski definition) is 1. The number of ether oxygens (including phenoxy) is 1. The Hall–Kier alpha value is -1.10. The lowest BCUT2D eigenvalue weighted by molar-refractivity contribution is -0.141. The fraction of sp³-hybridized carbons (Fsp3) is 0.833. The van der Waals surface area contributed by atoms with Gasteiger partial charge in [-0.3, -0.25) is 9.59 Å². The molecule has 1 N–H and O–H groups in total. The molecule has 0 aromatic carbocycles. The van der Waals surface area contributed by atoms with Crippen LogP contribution in [0.3, 0.4) is 0 Å². The SMILES string of the molecule is CC1(C)NC(=O)CCN(C2CCCOC2)C1=O. The molecule has 2 heterocycles. The zero-order chi connectivity index (χ0) is 12.5. The average molecular weight is 240 g/mol. The summed E-state index contributed by atoms with van der Waals surface area (Å²) in [7, 11) is 0. The van der Waals surface area contributed by atoms with Crippen LogP contribution >= 0.6 is 0 Å². The maximum atomic E-state index is 12.4. The summed E-state index contributed by atoms with van der Waals surface area (Å²) in [5.74, 6) is -0.0542. The van der Waals surface area contributed by atoms with Crippen LogP contribution in [-0.2, 0) is 14.3 Å². The molecule has 0 aliphatic carbocycles. The molecule has 5 heteroatoms. The molecular formula is C12H20N2O3. The van der Waals surface area contributed by atoms with Gasteiger partial charge in [-0.2, -0.15) is 0 Å². The van der Waals surface area contributed by atoms with Gasteiger partial charge in [0.15, 0.2) is 0 Å². The monoisotopic (exact) mass is 240 g/mol. The Morgan fingerprint density at radius 3 is 2.82 bits per heavy atom. The first kappa shape index (κ1) is 12.4. The molecule has 5 nitrogen and oxygen atoms in total. The summed E-state index contributed by atoms with van der Waals surface area (Å²) in [6, 6.07) is 0.128. The van der Waals surface area contributed by atoms with E-state index in [2.05, 4.69) is 5.32 Å². The molecule has 1 atom stereocenters. The molecule has 0 radical (unpaired) electrons. The van der Waals surface area contributed by atoms with Crippen LogP contribution in [0.15, 0.2) is 0 Å². The van der Waals surface area contributed by atoms with Crippen LogP contribution in [0.2, 0.25) is 0 Å². The summed E-state index contributed by atoms with van der Waals surface area (Å²) in [6.45, 7) is 5.39. The van der Waals surface area contributed by atoms with Gasteiger partial charge in [0.1, 0.15) is 5.54 Å². The number of carbonyl (C=O) groups is 2. The molecule has 2 saturated heterocycles. The van der Waals surface area contributed by atoms with Crippen molar-refractivity contribution in [2.75, 3.05) is 19.8 Å². The summed E-state index contributed by atoms with van der Waals surface area (Å²) in [4.78, 5) is 25.7. The van der Waals surface area contributed by atoms with Gasteiger partial charge in [0.25, 0.3) is 0 Å². The molecular weight excluding hydrogens is 220 g/mol. The third-order valence-electron chi connectivity index (χ3n) is 3.40. The molecule has 2 fully saturated rings. The summed E-state index contributed by atoms with van der Waals surface area (Å²) in [6.07, 6.45) is 2.33. The molecule has 1 unspecified atom stereocenters. The van der Waals surface area contributed by atoms with Gasteiger partial charge in [-0.05, 0) is 26.7 Å². The number of nitrogens with one attached hydrogen (secondary N) is 1. The number of rotatable bonds is 1. The van der Waals surface area contributed by atoms with Gasteiger partial charge >= 0.3 is 0 Å². The van der Waals surface area contributed by atoms with Crippen molar-refractivity contribution in [3.8, 4) is 0 Å². The third-order valence-corrected chi connectivity index (χ3v) is 3.40. The Morgan fingerprint density at radius 1 is 1.41 bits per heavy atom. The number of carbonyl (C=O) groups excluding carboxylic acids is 2. The van der Waals surface area contributed by atoms with Crippen molar-refractivity contribution in [1.29, 1.82) is 0 Å². The molecule has 2 amide bonds. The van der Waals surface area contributed by atoms with E-state index in [0.29, 0.717) is 19.6 Å². The van der Waals surface area contributed by atoms with Crippen molar-refractivity contribution in [1.82, 2.24) is 10.2 Å². The summed E-state index contributed by atoms with van der Waals surface area (Å²) >= 11 is 0. The summed E-state index contributed by atoms with van der Waals surface area (Å²) in [5, 5.41) is 2.77. The van der Waals surface area contributed by atoms with Gasteiger partial charge in [0.05, 0.1) is 12.6 Å². The first-order valence-corrected chi connectivity index (χ1v) is 6.20. The van der Waals surface area contributed by atoms with Crippen molar-refractivity contribution < 1.29 is 14.3 Å². The van der Waals surface area contributed by atoms with E-state index in [1.165, 1.54) is 0 Å². The van der Waals surface area contributed by atoms with E-state index in [4.69, 9.17) is 4.74 Å². The van der Waals surface area contributed by atoms with Gasteiger partial charge < -0.3 is 15.0 Å². The number of nitrogens with zero attached hydrogens (tertiary/aromatic N) is 1.